The Hall–Kier alpha value is -1.75. The Kier molecular flexibility index (Phi) is 7.18. The summed E-state index contributed by atoms with van der Waals surface area (Å²) in [6.07, 6.45) is 0. The minimum Gasteiger partial charge on any atom is -0.482 e. The summed E-state index contributed by atoms with van der Waals surface area (Å²) in [5, 5.41) is 3.35. The molecule has 22 heavy (non-hydrogen) atoms. The van der Waals surface area contributed by atoms with Gasteiger partial charge in [0.05, 0.1) is 0 Å². The maximum Gasteiger partial charge on any atom is 0.344 e. The van der Waals surface area contributed by atoms with Crippen LogP contribution in [0, 0.1) is 12.8 Å². The summed E-state index contributed by atoms with van der Waals surface area (Å²) in [5.41, 5.74) is 0.823. The van der Waals surface area contributed by atoms with E-state index in [4.69, 9.17) is 21.1 Å². The van der Waals surface area contributed by atoms with Crippen LogP contribution in [-0.4, -0.2) is 31.1 Å². The lowest BCUT2D eigenvalue weighted by atomic mass is 10.1. The number of ether oxygens (including phenoxy) is 2. The lowest BCUT2D eigenvalue weighted by Crippen LogP contribution is -2.39. The van der Waals surface area contributed by atoms with Crippen molar-refractivity contribution in [3.8, 4) is 5.75 Å². The Bertz CT molecular complexity index is 531. The zero-order valence-electron chi connectivity index (χ0n) is 13.3. The average Bonchev–Trinajstić information content (AvgIpc) is 2.44. The van der Waals surface area contributed by atoms with Crippen LogP contribution in [0.25, 0.3) is 0 Å². The van der Waals surface area contributed by atoms with Gasteiger partial charge in [-0.3, -0.25) is 4.79 Å². The highest BCUT2D eigenvalue weighted by Gasteiger charge is 2.13. The van der Waals surface area contributed by atoms with Crippen molar-refractivity contribution in [1.82, 2.24) is 5.32 Å². The van der Waals surface area contributed by atoms with Gasteiger partial charge in [-0.15, -0.1) is 0 Å². The van der Waals surface area contributed by atoms with Crippen molar-refractivity contribution in [2.45, 2.75) is 33.7 Å². The first-order chi connectivity index (χ1) is 10.3. The summed E-state index contributed by atoms with van der Waals surface area (Å²) in [6, 6.07) is 5.13. The number of amides is 1. The van der Waals surface area contributed by atoms with E-state index in [2.05, 4.69) is 5.32 Å². The Balaban J connectivity index is 2.33. The molecule has 0 saturated carbocycles. The molecule has 0 aliphatic carbocycles. The Morgan fingerprint density at radius 1 is 1.23 bits per heavy atom. The van der Waals surface area contributed by atoms with Crippen LogP contribution in [0.15, 0.2) is 18.2 Å². The van der Waals surface area contributed by atoms with Crippen LogP contribution in [-0.2, 0) is 14.3 Å². The fraction of sp³-hybridized carbons (Fsp3) is 0.500. The van der Waals surface area contributed by atoms with Crippen LogP contribution >= 0.6 is 11.6 Å². The van der Waals surface area contributed by atoms with Crippen molar-refractivity contribution in [1.29, 1.82) is 0 Å². The van der Waals surface area contributed by atoms with Crippen molar-refractivity contribution in [2.24, 2.45) is 5.92 Å². The molecule has 0 heterocycles. The predicted molar refractivity (Wildman–Crippen MR) is 85.1 cm³/mol. The van der Waals surface area contributed by atoms with Gasteiger partial charge in [-0.2, -0.15) is 0 Å². The third-order valence-electron chi connectivity index (χ3n) is 3.24. The van der Waals surface area contributed by atoms with E-state index in [0.717, 1.165) is 5.56 Å². The van der Waals surface area contributed by atoms with E-state index in [1.165, 1.54) is 0 Å². The van der Waals surface area contributed by atoms with Crippen LogP contribution in [0.4, 0.5) is 0 Å². The molecule has 0 saturated heterocycles. The van der Waals surface area contributed by atoms with Crippen molar-refractivity contribution < 1.29 is 19.1 Å². The molecule has 0 aliphatic heterocycles. The summed E-state index contributed by atoms with van der Waals surface area (Å²) < 4.78 is 10.2. The molecule has 5 nitrogen and oxygen atoms in total. The van der Waals surface area contributed by atoms with Gasteiger partial charge < -0.3 is 14.8 Å². The number of aryl methyl sites for hydroxylation is 1. The van der Waals surface area contributed by atoms with E-state index in [1.807, 2.05) is 27.7 Å². The van der Waals surface area contributed by atoms with Gasteiger partial charge in [0.25, 0.3) is 5.91 Å². The van der Waals surface area contributed by atoms with Gasteiger partial charge in [-0.25, -0.2) is 4.79 Å². The second kappa shape index (κ2) is 8.63. The third-order valence-corrected chi connectivity index (χ3v) is 3.47. The average molecular weight is 328 g/mol. The summed E-state index contributed by atoms with van der Waals surface area (Å²) in [4.78, 5) is 23.1. The van der Waals surface area contributed by atoms with Gasteiger partial charge in [0, 0.05) is 11.1 Å². The van der Waals surface area contributed by atoms with E-state index in [0.29, 0.717) is 16.7 Å². The van der Waals surface area contributed by atoms with Crippen molar-refractivity contribution in [2.75, 3.05) is 13.2 Å². The predicted octanol–water partition coefficient (Wildman–Crippen LogP) is 2.73. The zero-order valence-corrected chi connectivity index (χ0v) is 14.1. The Labute approximate surface area is 135 Å². The summed E-state index contributed by atoms with van der Waals surface area (Å²) in [7, 11) is 0. The second-order valence-electron chi connectivity index (χ2n) is 5.46. The SMILES string of the molecule is Cc1cc(Cl)ccc1OCC(=O)OCC(=O)N[C@@H](C)C(C)C. The lowest BCUT2D eigenvalue weighted by molar-refractivity contribution is -0.150. The van der Waals surface area contributed by atoms with E-state index >= 15 is 0 Å². The molecule has 1 N–H and O–H groups in total. The number of hydrogen-bond donors (Lipinski definition) is 1. The molecule has 0 unspecified atom stereocenters. The molecule has 1 aromatic carbocycles. The van der Waals surface area contributed by atoms with E-state index < -0.39 is 5.97 Å². The lowest BCUT2D eigenvalue weighted by Gasteiger charge is -2.17. The maximum atomic E-state index is 11.6. The molecule has 0 aromatic heterocycles. The van der Waals surface area contributed by atoms with Crippen molar-refractivity contribution in [3.63, 3.8) is 0 Å². The van der Waals surface area contributed by atoms with Gasteiger partial charge in [-0.05, 0) is 43.5 Å². The third kappa shape index (κ3) is 6.35. The van der Waals surface area contributed by atoms with Gasteiger partial charge in [0.15, 0.2) is 13.2 Å². The molecule has 122 valence electrons. The molecule has 0 aliphatic rings. The first-order valence-electron chi connectivity index (χ1n) is 7.13. The number of carbonyl (C=O) groups excluding carboxylic acids is 2. The normalized spacial score (nSPS) is 11.9. The van der Waals surface area contributed by atoms with Crippen LogP contribution < -0.4 is 10.1 Å². The van der Waals surface area contributed by atoms with E-state index in [1.54, 1.807) is 18.2 Å². The topological polar surface area (TPSA) is 64.6 Å². The molecule has 1 aromatic rings. The van der Waals surface area contributed by atoms with Crippen LogP contribution in [0.5, 0.6) is 5.75 Å². The smallest absolute Gasteiger partial charge is 0.344 e. The molecular weight excluding hydrogens is 306 g/mol. The minimum absolute atomic E-state index is 0.0270. The fourth-order valence-electron chi connectivity index (χ4n) is 1.56. The molecule has 0 bridgehead atoms. The monoisotopic (exact) mass is 327 g/mol. The molecule has 1 amide bonds. The standard InChI is InChI=1S/C16H22ClNO4/c1-10(2)12(4)18-15(19)8-22-16(20)9-21-14-6-5-13(17)7-11(14)3/h5-7,10,12H,8-9H2,1-4H3,(H,18,19)/t12-/m0/s1. The number of esters is 1. The summed E-state index contributed by atoms with van der Waals surface area (Å²) in [6.45, 7) is 7.16. The Morgan fingerprint density at radius 2 is 1.91 bits per heavy atom. The molecule has 0 spiro atoms. The van der Waals surface area contributed by atoms with Crippen LogP contribution in [0.2, 0.25) is 5.02 Å². The number of hydrogen-bond acceptors (Lipinski definition) is 4. The largest absolute Gasteiger partial charge is 0.482 e. The first-order valence-corrected chi connectivity index (χ1v) is 7.51. The number of rotatable bonds is 7. The molecule has 0 fully saturated rings. The first kappa shape index (κ1) is 18.3. The molecule has 1 atom stereocenters. The molecule has 6 heteroatoms. The second-order valence-corrected chi connectivity index (χ2v) is 5.90. The summed E-state index contributed by atoms with van der Waals surface area (Å²) in [5.74, 6) is -0.0472. The number of nitrogens with one attached hydrogen (secondary N) is 1. The van der Waals surface area contributed by atoms with E-state index in [-0.39, 0.29) is 25.2 Å². The summed E-state index contributed by atoms with van der Waals surface area (Å²) >= 11 is 5.84. The number of halogens is 1. The quantitative estimate of drug-likeness (QED) is 0.782. The molecule has 1 rings (SSSR count). The highest BCUT2D eigenvalue weighted by Crippen LogP contribution is 2.21. The van der Waals surface area contributed by atoms with Crippen LogP contribution in [0.3, 0.4) is 0 Å². The number of benzene rings is 1. The fourth-order valence-corrected chi connectivity index (χ4v) is 1.79. The zero-order chi connectivity index (χ0) is 16.7. The highest BCUT2D eigenvalue weighted by molar-refractivity contribution is 6.30. The van der Waals surface area contributed by atoms with Crippen molar-refractivity contribution in [3.05, 3.63) is 28.8 Å². The highest BCUT2D eigenvalue weighted by atomic mass is 35.5. The minimum atomic E-state index is -0.596. The molecule has 0 radical (unpaired) electrons. The Morgan fingerprint density at radius 3 is 2.50 bits per heavy atom. The van der Waals surface area contributed by atoms with Gasteiger partial charge in [-0.1, -0.05) is 25.4 Å². The number of carbonyl (C=O) groups is 2. The van der Waals surface area contributed by atoms with Crippen LogP contribution in [0.1, 0.15) is 26.3 Å². The van der Waals surface area contributed by atoms with Gasteiger partial charge >= 0.3 is 5.97 Å². The molecular formula is C16H22ClNO4. The van der Waals surface area contributed by atoms with Gasteiger partial charge in [0.2, 0.25) is 0 Å². The van der Waals surface area contributed by atoms with Crippen molar-refractivity contribution >= 4 is 23.5 Å². The van der Waals surface area contributed by atoms with Gasteiger partial charge in [0.1, 0.15) is 5.75 Å². The maximum absolute atomic E-state index is 11.6. The van der Waals surface area contributed by atoms with E-state index in [9.17, 15) is 9.59 Å².